The Bertz CT molecular complexity index is 1280. The van der Waals surface area contributed by atoms with Crippen molar-refractivity contribution < 1.29 is 18.3 Å². The smallest absolute Gasteiger partial charge is 0.245 e. The van der Waals surface area contributed by atoms with Crippen molar-refractivity contribution in [2.45, 2.75) is 38.6 Å². The van der Waals surface area contributed by atoms with Gasteiger partial charge in [0.2, 0.25) is 5.91 Å². The molecule has 0 saturated heterocycles. The van der Waals surface area contributed by atoms with E-state index in [0.717, 1.165) is 22.1 Å². The number of aliphatic hydroxyl groups is 1. The predicted molar refractivity (Wildman–Crippen MR) is 124 cm³/mol. The van der Waals surface area contributed by atoms with Gasteiger partial charge in [0.15, 0.2) is 9.84 Å². The Morgan fingerprint density at radius 3 is 2.64 bits per heavy atom. The molecule has 0 spiro atoms. The third-order valence-corrected chi connectivity index (χ3v) is 6.85. The molecule has 9 heteroatoms. The largest absolute Gasteiger partial charge is 0.384 e. The third kappa shape index (κ3) is 5.55. The van der Waals surface area contributed by atoms with Gasteiger partial charge in [0.1, 0.15) is 12.1 Å². The maximum Gasteiger partial charge on any atom is 0.245 e. The fourth-order valence-electron chi connectivity index (χ4n) is 3.71. The number of carbonyl (C=O) groups excluding carboxylic acids is 1. The fourth-order valence-corrected chi connectivity index (χ4v) is 5.01. The van der Waals surface area contributed by atoms with Crippen molar-refractivity contribution >= 4 is 15.7 Å². The number of hydrogen-bond acceptors (Lipinski definition) is 6. The first-order valence-corrected chi connectivity index (χ1v) is 12.3. The number of sulfone groups is 1. The molecule has 0 saturated carbocycles. The van der Waals surface area contributed by atoms with Crippen LogP contribution in [0.3, 0.4) is 0 Å². The van der Waals surface area contributed by atoms with Crippen molar-refractivity contribution in [3.05, 3.63) is 83.8 Å². The number of carbonyl (C=O) groups is 1. The Hall–Kier alpha value is -3.30. The van der Waals surface area contributed by atoms with Gasteiger partial charge in [-0.3, -0.25) is 14.5 Å². The molecule has 3 aromatic rings. The van der Waals surface area contributed by atoms with E-state index in [9.17, 15) is 18.3 Å². The van der Waals surface area contributed by atoms with Crippen LogP contribution in [-0.4, -0.2) is 50.9 Å². The summed E-state index contributed by atoms with van der Waals surface area (Å²) in [6, 6.07) is 12.6. The number of nitrogens with zero attached hydrogens (tertiary/aromatic N) is 4. The molecule has 8 nitrogen and oxygen atoms in total. The first-order chi connectivity index (χ1) is 15.6. The van der Waals surface area contributed by atoms with E-state index in [-0.39, 0.29) is 24.7 Å². The molecule has 2 aromatic heterocycles. The number of amides is 1. The van der Waals surface area contributed by atoms with Gasteiger partial charge in [0.25, 0.3) is 0 Å². The van der Waals surface area contributed by atoms with Gasteiger partial charge >= 0.3 is 0 Å². The summed E-state index contributed by atoms with van der Waals surface area (Å²) in [5.41, 5.74) is 1.97. The lowest BCUT2D eigenvalue weighted by Crippen LogP contribution is -2.42. The summed E-state index contributed by atoms with van der Waals surface area (Å²) in [6.07, 6.45) is 6.62. The van der Waals surface area contributed by atoms with Gasteiger partial charge in [0.05, 0.1) is 23.7 Å². The van der Waals surface area contributed by atoms with E-state index in [1.165, 1.54) is 4.90 Å². The van der Waals surface area contributed by atoms with E-state index in [0.29, 0.717) is 5.69 Å². The van der Waals surface area contributed by atoms with Crippen LogP contribution in [0.1, 0.15) is 25.1 Å². The third-order valence-electron chi connectivity index (χ3n) is 5.47. The maximum absolute atomic E-state index is 13.3. The zero-order chi connectivity index (χ0) is 23.6. The second-order valence-corrected chi connectivity index (χ2v) is 10.6. The van der Waals surface area contributed by atoms with Gasteiger partial charge in [-0.15, -0.1) is 0 Å². The molecule has 1 unspecified atom stereocenters. The standard InChI is InChI=1S/C24H26N4O4S/c1-24(2,30)22-12-18(8-10-25-22)14-28(21-9-11-33(31,32)17-21)23(29)16-27-15-20(13-26-27)19-6-4-3-5-7-19/h3-13,15,21,30H,14,16-17H2,1-2H3. The van der Waals surface area contributed by atoms with E-state index in [1.807, 2.05) is 30.3 Å². The van der Waals surface area contributed by atoms with Crippen LogP contribution in [0.2, 0.25) is 0 Å². The average molecular weight is 467 g/mol. The molecule has 0 bridgehead atoms. The first-order valence-electron chi connectivity index (χ1n) is 10.6. The molecule has 3 heterocycles. The molecular weight excluding hydrogens is 440 g/mol. The monoisotopic (exact) mass is 466 g/mol. The lowest BCUT2D eigenvalue weighted by Gasteiger charge is -2.28. The van der Waals surface area contributed by atoms with Crippen molar-refractivity contribution in [2.24, 2.45) is 0 Å². The molecule has 1 aliphatic heterocycles. The number of rotatable bonds is 7. The van der Waals surface area contributed by atoms with Crippen molar-refractivity contribution in [3.63, 3.8) is 0 Å². The zero-order valence-electron chi connectivity index (χ0n) is 18.5. The topological polar surface area (TPSA) is 105 Å². The van der Waals surface area contributed by atoms with Gasteiger partial charge in [-0.05, 0) is 43.2 Å². The molecule has 0 aliphatic carbocycles. The lowest BCUT2D eigenvalue weighted by molar-refractivity contribution is -0.133. The van der Waals surface area contributed by atoms with Gasteiger partial charge < -0.3 is 10.0 Å². The van der Waals surface area contributed by atoms with Gasteiger partial charge in [0, 0.05) is 29.9 Å². The molecule has 1 amide bonds. The summed E-state index contributed by atoms with van der Waals surface area (Å²) in [6.45, 7) is 3.43. The summed E-state index contributed by atoms with van der Waals surface area (Å²) < 4.78 is 25.6. The minimum absolute atomic E-state index is 0.0271. The summed E-state index contributed by atoms with van der Waals surface area (Å²) in [5.74, 6) is -0.414. The van der Waals surface area contributed by atoms with Crippen molar-refractivity contribution in [2.75, 3.05) is 5.75 Å². The van der Waals surface area contributed by atoms with Crippen LogP contribution in [0.25, 0.3) is 11.1 Å². The summed E-state index contributed by atoms with van der Waals surface area (Å²) in [5, 5.41) is 15.8. The maximum atomic E-state index is 13.3. The molecule has 1 aliphatic rings. The van der Waals surface area contributed by atoms with Crippen molar-refractivity contribution in [1.29, 1.82) is 0 Å². The Balaban J connectivity index is 1.57. The van der Waals surface area contributed by atoms with E-state index < -0.39 is 21.5 Å². The van der Waals surface area contributed by atoms with Crippen molar-refractivity contribution in [3.8, 4) is 11.1 Å². The van der Waals surface area contributed by atoms with Crippen LogP contribution in [-0.2, 0) is 33.3 Å². The van der Waals surface area contributed by atoms with Gasteiger partial charge in [-0.1, -0.05) is 30.3 Å². The van der Waals surface area contributed by atoms with Crippen LogP contribution >= 0.6 is 0 Å². The molecule has 1 N–H and O–H groups in total. The number of aromatic nitrogens is 3. The molecule has 1 atom stereocenters. The van der Waals surface area contributed by atoms with Crippen LogP contribution in [0, 0.1) is 0 Å². The highest BCUT2D eigenvalue weighted by molar-refractivity contribution is 7.94. The Morgan fingerprint density at radius 2 is 1.97 bits per heavy atom. The van der Waals surface area contributed by atoms with Crippen LogP contribution in [0.15, 0.2) is 72.5 Å². The van der Waals surface area contributed by atoms with Crippen LogP contribution < -0.4 is 0 Å². The Morgan fingerprint density at radius 1 is 1.21 bits per heavy atom. The average Bonchev–Trinajstić information content (AvgIpc) is 3.38. The Labute approximate surface area is 193 Å². The SMILES string of the molecule is CC(C)(O)c1cc(CN(C(=O)Cn2cc(-c3ccccc3)cn2)C2C=CS(=O)(=O)C2)ccn1. The highest BCUT2D eigenvalue weighted by Gasteiger charge is 2.31. The fraction of sp³-hybridized carbons (Fsp3) is 0.292. The molecule has 4 rings (SSSR count). The predicted octanol–water partition coefficient (Wildman–Crippen LogP) is 2.51. The summed E-state index contributed by atoms with van der Waals surface area (Å²) >= 11 is 0. The minimum Gasteiger partial charge on any atom is -0.384 e. The van der Waals surface area contributed by atoms with Crippen LogP contribution in [0.4, 0.5) is 0 Å². The van der Waals surface area contributed by atoms with E-state index in [2.05, 4.69) is 10.1 Å². The second kappa shape index (κ2) is 8.92. The first kappa shape index (κ1) is 22.9. The molecule has 33 heavy (non-hydrogen) atoms. The van der Waals surface area contributed by atoms with Gasteiger partial charge in [-0.2, -0.15) is 5.10 Å². The number of hydrogen-bond donors (Lipinski definition) is 1. The molecule has 172 valence electrons. The minimum atomic E-state index is -3.35. The van der Waals surface area contributed by atoms with E-state index in [4.69, 9.17) is 0 Å². The van der Waals surface area contributed by atoms with E-state index >= 15 is 0 Å². The van der Waals surface area contributed by atoms with Gasteiger partial charge in [-0.25, -0.2) is 8.42 Å². The second-order valence-electron chi connectivity index (χ2n) is 8.65. The molecule has 0 radical (unpaired) electrons. The summed E-state index contributed by atoms with van der Waals surface area (Å²) in [7, 11) is -3.35. The highest BCUT2D eigenvalue weighted by atomic mass is 32.2. The van der Waals surface area contributed by atoms with Crippen LogP contribution in [0.5, 0.6) is 0 Å². The molecule has 1 aromatic carbocycles. The normalized spacial score (nSPS) is 17.2. The number of pyridine rings is 1. The quantitative estimate of drug-likeness (QED) is 0.574. The molecule has 0 fully saturated rings. The summed E-state index contributed by atoms with van der Waals surface area (Å²) in [4.78, 5) is 19.1. The highest BCUT2D eigenvalue weighted by Crippen LogP contribution is 2.22. The lowest BCUT2D eigenvalue weighted by atomic mass is 10.0. The zero-order valence-corrected chi connectivity index (χ0v) is 19.3. The van der Waals surface area contributed by atoms with E-state index in [1.54, 1.807) is 55.3 Å². The Kier molecular flexibility index (Phi) is 6.18. The van der Waals surface area contributed by atoms with Crippen molar-refractivity contribution in [1.82, 2.24) is 19.7 Å². The number of benzene rings is 1. The molecular formula is C24H26N4O4S.